The Morgan fingerprint density at radius 3 is 2.53 bits per heavy atom. The summed E-state index contributed by atoms with van der Waals surface area (Å²) in [4.78, 5) is 35.7. The predicted molar refractivity (Wildman–Crippen MR) is 130 cm³/mol. The minimum absolute atomic E-state index is 0.127. The molecule has 1 heterocycles. The zero-order valence-electron chi connectivity index (χ0n) is 20.3. The third-order valence-electron chi connectivity index (χ3n) is 5.30. The Hall–Kier alpha value is -4.74. The fraction of sp³-hybridized carbons (Fsp3) is 0.250. The number of hydrogen-bond donors (Lipinski definition) is 1. The molecule has 0 saturated heterocycles. The maximum Gasteiger partial charge on any atom is 0.343 e. The molecule has 36 heavy (non-hydrogen) atoms. The van der Waals surface area contributed by atoms with Crippen LogP contribution in [0.1, 0.15) is 40.3 Å². The Balaban J connectivity index is 1.68. The second kappa shape index (κ2) is 11.1. The van der Waals surface area contributed by atoms with E-state index in [2.05, 4.69) is 15.6 Å². The molecule has 1 unspecified atom stereocenters. The molecule has 0 radical (unpaired) electrons. The van der Waals surface area contributed by atoms with Gasteiger partial charge in [-0.05, 0) is 62.7 Å². The molecule has 1 amide bonds. The lowest BCUT2D eigenvalue weighted by atomic mass is 10.2. The number of methoxy groups -OCH3 is 2. The highest BCUT2D eigenvalue weighted by molar-refractivity contribution is 5.92. The van der Waals surface area contributed by atoms with E-state index in [4.69, 9.17) is 14.2 Å². The molecule has 2 aromatic carbocycles. The summed E-state index contributed by atoms with van der Waals surface area (Å²) in [5, 5.41) is 19.2. The lowest BCUT2D eigenvalue weighted by Crippen LogP contribution is -2.28. The summed E-state index contributed by atoms with van der Waals surface area (Å²) in [5.41, 5.74) is 3.63. The Kier molecular flexibility index (Phi) is 8.00. The SMILES string of the molecule is COc1cccc(C(=O)Oc2ccc(C=NNC(=O)C(C)n3nc(C)c([N+](=O)[O-])c3C)cc2OC)c1. The van der Waals surface area contributed by atoms with Gasteiger partial charge in [-0.2, -0.15) is 10.2 Å². The summed E-state index contributed by atoms with van der Waals surface area (Å²) in [6.07, 6.45) is 1.38. The maximum atomic E-state index is 12.5. The maximum absolute atomic E-state index is 12.5. The van der Waals surface area contributed by atoms with E-state index in [-0.39, 0.29) is 28.6 Å². The van der Waals surface area contributed by atoms with Crippen molar-refractivity contribution in [3.05, 3.63) is 75.1 Å². The smallest absolute Gasteiger partial charge is 0.343 e. The molecule has 0 saturated carbocycles. The van der Waals surface area contributed by atoms with Crippen molar-refractivity contribution in [3.8, 4) is 17.2 Å². The number of nitrogens with one attached hydrogen (secondary N) is 1. The number of nitro groups is 1. The molecule has 0 spiro atoms. The monoisotopic (exact) mass is 495 g/mol. The van der Waals surface area contributed by atoms with Crippen LogP contribution in [-0.2, 0) is 4.79 Å². The van der Waals surface area contributed by atoms with Gasteiger partial charge in [0, 0.05) is 0 Å². The van der Waals surface area contributed by atoms with Gasteiger partial charge in [0.15, 0.2) is 11.5 Å². The van der Waals surface area contributed by atoms with E-state index in [9.17, 15) is 19.7 Å². The van der Waals surface area contributed by atoms with E-state index < -0.39 is 22.8 Å². The summed E-state index contributed by atoms with van der Waals surface area (Å²) >= 11 is 0. The summed E-state index contributed by atoms with van der Waals surface area (Å²) in [5.74, 6) is -0.0895. The molecule has 1 atom stereocenters. The highest BCUT2D eigenvalue weighted by atomic mass is 16.6. The lowest BCUT2D eigenvalue weighted by Gasteiger charge is -2.12. The van der Waals surface area contributed by atoms with Crippen LogP contribution in [-0.4, -0.2) is 47.0 Å². The molecule has 3 rings (SSSR count). The average molecular weight is 495 g/mol. The highest BCUT2D eigenvalue weighted by Gasteiger charge is 2.27. The molecular weight excluding hydrogens is 470 g/mol. The molecule has 0 bridgehead atoms. The van der Waals surface area contributed by atoms with Crippen molar-refractivity contribution in [1.82, 2.24) is 15.2 Å². The van der Waals surface area contributed by atoms with E-state index in [0.717, 1.165) is 0 Å². The number of amides is 1. The largest absolute Gasteiger partial charge is 0.497 e. The molecule has 0 aliphatic carbocycles. The zero-order valence-corrected chi connectivity index (χ0v) is 20.3. The second-order valence-corrected chi connectivity index (χ2v) is 7.66. The molecule has 12 nitrogen and oxygen atoms in total. The number of aromatic nitrogens is 2. The van der Waals surface area contributed by atoms with Crippen LogP contribution in [0.2, 0.25) is 0 Å². The van der Waals surface area contributed by atoms with Crippen molar-refractivity contribution in [2.24, 2.45) is 5.10 Å². The van der Waals surface area contributed by atoms with Gasteiger partial charge in [-0.3, -0.25) is 19.6 Å². The third kappa shape index (κ3) is 5.66. The number of aryl methyl sites for hydroxylation is 1. The van der Waals surface area contributed by atoms with E-state index in [0.29, 0.717) is 16.9 Å². The topological polar surface area (TPSA) is 147 Å². The Bertz CT molecular complexity index is 1330. The molecule has 12 heteroatoms. The van der Waals surface area contributed by atoms with Crippen molar-refractivity contribution < 1.29 is 28.7 Å². The molecule has 188 valence electrons. The van der Waals surface area contributed by atoms with Gasteiger partial charge < -0.3 is 14.2 Å². The summed E-state index contributed by atoms with van der Waals surface area (Å²) in [7, 11) is 2.93. The molecule has 0 aliphatic rings. The molecule has 0 fully saturated rings. The third-order valence-corrected chi connectivity index (χ3v) is 5.30. The number of ether oxygens (including phenoxy) is 3. The highest BCUT2D eigenvalue weighted by Crippen LogP contribution is 2.29. The van der Waals surface area contributed by atoms with Gasteiger partial charge in [0.25, 0.3) is 5.91 Å². The van der Waals surface area contributed by atoms with Crippen LogP contribution in [0.4, 0.5) is 5.69 Å². The van der Waals surface area contributed by atoms with Gasteiger partial charge in [0.2, 0.25) is 0 Å². The number of esters is 1. The number of hydrazone groups is 1. The number of hydrogen-bond acceptors (Lipinski definition) is 9. The van der Waals surface area contributed by atoms with Crippen LogP contribution < -0.4 is 19.6 Å². The number of nitrogens with zero attached hydrogens (tertiary/aromatic N) is 4. The fourth-order valence-corrected chi connectivity index (χ4v) is 3.43. The van der Waals surface area contributed by atoms with E-state index in [1.807, 2.05) is 0 Å². The summed E-state index contributed by atoms with van der Waals surface area (Å²) in [6.45, 7) is 4.60. The zero-order chi connectivity index (χ0) is 26.4. The van der Waals surface area contributed by atoms with Crippen LogP contribution in [0.5, 0.6) is 17.2 Å². The van der Waals surface area contributed by atoms with Crippen molar-refractivity contribution >= 4 is 23.8 Å². The van der Waals surface area contributed by atoms with Crippen LogP contribution in [0.25, 0.3) is 0 Å². The molecule has 0 aliphatic heterocycles. The average Bonchev–Trinajstić information content (AvgIpc) is 3.17. The van der Waals surface area contributed by atoms with Gasteiger partial charge in [0.05, 0.1) is 30.9 Å². The molecule has 1 aromatic heterocycles. The van der Waals surface area contributed by atoms with Gasteiger partial charge in [-0.1, -0.05) is 6.07 Å². The fourth-order valence-electron chi connectivity index (χ4n) is 3.43. The normalized spacial score (nSPS) is 11.7. The van der Waals surface area contributed by atoms with E-state index in [1.165, 1.54) is 45.0 Å². The van der Waals surface area contributed by atoms with E-state index >= 15 is 0 Å². The summed E-state index contributed by atoms with van der Waals surface area (Å²) < 4.78 is 17.2. The molecular formula is C24H25N5O7. The van der Waals surface area contributed by atoms with Gasteiger partial charge in [-0.15, -0.1) is 0 Å². The van der Waals surface area contributed by atoms with Gasteiger partial charge >= 0.3 is 11.7 Å². The lowest BCUT2D eigenvalue weighted by molar-refractivity contribution is -0.386. The predicted octanol–water partition coefficient (Wildman–Crippen LogP) is 3.36. The quantitative estimate of drug-likeness (QED) is 0.156. The van der Waals surface area contributed by atoms with Crippen molar-refractivity contribution in [2.45, 2.75) is 26.8 Å². The Labute approximate surface area is 206 Å². The van der Waals surface area contributed by atoms with E-state index in [1.54, 1.807) is 43.3 Å². The first-order valence-corrected chi connectivity index (χ1v) is 10.7. The van der Waals surface area contributed by atoms with Crippen LogP contribution >= 0.6 is 0 Å². The number of carbonyl (C=O) groups is 2. The standard InChI is InChI=1S/C24H25N5O7/c1-14-22(29(32)33)15(2)28(27-14)16(3)23(30)26-25-13-17-9-10-20(21(11-17)35-5)36-24(31)18-7-6-8-19(12-18)34-4/h6-13,16H,1-5H3,(H,26,30). The minimum Gasteiger partial charge on any atom is -0.497 e. The number of carbonyl (C=O) groups excluding carboxylic acids is 2. The second-order valence-electron chi connectivity index (χ2n) is 7.66. The Morgan fingerprint density at radius 1 is 1.14 bits per heavy atom. The minimum atomic E-state index is -0.831. The van der Waals surface area contributed by atoms with Crippen molar-refractivity contribution in [1.29, 1.82) is 0 Å². The number of rotatable bonds is 9. The molecule has 3 aromatic rings. The summed E-state index contributed by atoms with van der Waals surface area (Å²) in [6, 6.07) is 10.5. The molecule has 1 N–H and O–H groups in total. The first-order valence-electron chi connectivity index (χ1n) is 10.7. The first-order chi connectivity index (χ1) is 17.2. The first kappa shape index (κ1) is 25.9. The van der Waals surface area contributed by atoms with Gasteiger partial charge in [-0.25, -0.2) is 10.2 Å². The Morgan fingerprint density at radius 2 is 1.89 bits per heavy atom. The van der Waals surface area contributed by atoms with Crippen molar-refractivity contribution in [2.75, 3.05) is 14.2 Å². The van der Waals surface area contributed by atoms with Crippen LogP contribution in [0.3, 0.4) is 0 Å². The van der Waals surface area contributed by atoms with Gasteiger partial charge in [0.1, 0.15) is 23.2 Å². The number of benzene rings is 2. The van der Waals surface area contributed by atoms with Crippen LogP contribution in [0, 0.1) is 24.0 Å². The van der Waals surface area contributed by atoms with Crippen LogP contribution in [0.15, 0.2) is 47.6 Å². The van der Waals surface area contributed by atoms with Crippen molar-refractivity contribution in [3.63, 3.8) is 0 Å².